The van der Waals surface area contributed by atoms with Gasteiger partial charge in [-0.25, -0.2) is 0 Å². The molecule has 0 aliphatic heterocycles. The Labute approximate surface area is 261 Å². The van der Waals surface area contributed by atoms with Gasteiger partial charge in [0.2, 0.25) is 0 Å². The van der Waals surface area contributed by atoms with E-state index in [2.05, 4.69) is 159 Å². The van der Waals surface area contributed by atoms with E-state index in [4.69, 9.17) is 0 Å². The Hall–Kier alpha value is -5.14. The van der Waals surface area contributed by atoms with Crippen LogP contribution < -0.4 is 5.32 Å². The van der Waals surface area contributed by atoms with E-state index in [1.54, 1.807) is 0 Å². The lowest BCUT2D eigenvalue weighted by atomic mass is 9.83. The first-order valence-corrected chi connectivity index (χ1v) is 15.7. The number of aryl methyl sites for hydroxylation is 1. The Kier molecular flexibility index (Phi) is 8.30. The normalized spacial score (nSPS) is 11.4. The minimum Gasteiger partial charge on any atom is -0.388 e. The van der Waals surface area contributed by atoms with Crippen LogP contribution >= 0.6 is 0 Å². The molecule has 216 valence electrons. The molecular formula is C43H39N. The van der Waals surface area contributed by atoms with Crippen LogP contribution in [0.25, 0.3) is 71.4 Å². The van der Waals surface area contributed by atoms with Crippen LogP contribution in [-0.4, -0.2) is 7.05 Å². The average molecular weight is 570 g/mol. The molecule has 1 heteroatoms. The van der Waals surface area contributed by atoms with Crippen molar-refractivity contribution in [3.05, 3.63) is 151 Å². The average Bonchev–Trinajstić information content (AvgIpc) is 3.09. The predicted molar refractivity (Wildman–Crippen MR) is 194 cm³/mol. The maximum Gasteiger partial charge on any atom is 0.0368 e. The lowest BCUT2D eigenvalue weighted by molar-refractivity contribution is 1.12. The molecule has 0 spiro atoms. The third-order valence-electron chi connectivity index (χ3n) is 8.58. The number of hydrogen-bond donors (Lipinski definition) is 1. The lowest BCUT2D eigenvalue weighted by Crippen LogP contribution is -2.04. The fourth-order valence-corrected chi connectivity index (χ4v) is 6.65. The van der Waals surface area contributed by atoms with E-state index in [1.807, 2.05) is 20.9 Å². The summed E-state index contributed by atoms with van der Waals surface area (Å²) in [5.74, 6) is 0. The lowest BCUT2D eigenvalue weighted by Gasteiger charge is -2.20. The monoisotopic (exact) mass is 569 g/mol. The van der Waals surface area contributed by atoms with Gasteiger partial charge in [-0.1, -0.05) is 147 Å². The first-order valence-electron chi connectivity index (χ1n) is 15.7. The molecule has 0 atom stereocenters. The Bertz CT molecular complexity index is 2090. The van der Waals surface area contributed by atoms with Crippen molar-refractivity contribution in [2.75, 3.05) is 7.05 Å². The number of nitrogens with one attached hydrogen (secondary N) is 1. The third kappa shape index (κ3) is 4.95. The molecule has 0 aliphatic rings. The van der Waals surface area contributed by atoms with Gasteiger partial charge in [0.15, 0.2) is 0 Å². The van der Waals surface area contributed by atoms with Crippen molar-refractivity contribution < 1.29 is 0 Å². The van der Waals surface area contributed by atoms with Gasteiger partial charge in [0.25, 0.3) is 0 Å². The van der Waals surface area contributed by atoms with Gasteiger partial charge >= 0.3 is 0 Å². The molecule has 7 aromatic carbocycles. The number of hydrogen-bond acceptors (Lipinski definition) is 1. The van der Waals surface area contributed by atoms with E-state index in [-0.39, 0.29) is 0 Å². The van der Waals surface area contributed by atoms with Crippen LogP contribution in [0.1, 0.15) is 31.9 Å². The van der Waals surface area contributed by atoms with Crippen molar-refractivity contribution in [2.45, 2.75) is 27.7 Å². The van der Waals surface area contributed by atoms with Gasteiger partial charge in [-0.3, -0.25) is 0 Å². The number of rotatable bonds is 5. The smallest absolute Gasteiger partial charge is 0.0368 e. The van der Waals surface area contributed by atoms with Gasteiger partial charge in [-0.15, -0.1) is 0 Å². The van der Waals surface area contributed by atoms with Crippen molar-refractivity contribution >= 4 is 38.0 Å². The molecule has 7 aromatic rings. The van der Waals surface area contributed by atoms with E-state index in [0.29, 0.717) is 0 Å². The Morgan fingerprint density at radius 3 is 1.57 bits per heavy atom. The SMILES string of the molecule is C/C=C(\NC)c1cccc(-c2c3ccccc3c(-c3ccc(-c4ccccc4C)c4ccccc34)c3ccccc23)c1.CC. The van der Waals surface area contributed by atoms with Crippen LogP contribution in [-0.2, 0) is 0 Å². The molecule has 44 heavy (non-hydrogen) atoms. The van der Waals surface area contributed by atoms with Crippen molar-refractivity contribution in [1.29, 1.82) is 0 Å². The zero-order valence-electron chi connectivity index (χ0n) is 26.3. The minimum absolute atomic E-state index is 1.13. The highest BCUT2D eigenvalue weighted by Crippen LogP contribution is 2.46. The van der Waals surface area contributed by atoms with E-state index in [0.717, 1.165) is 5.70 Å². The molecule has 7 rings (SSSR count). The second-order valence-electron chi connectivity index (χ2n) is 10.9. The molecule has 0 heterocycles. The summed E-state index contributed by atoms with van der Waals surface area (Å²) in [5, 5.41) is 11.0. The summed E-state index contributed by atoms with van der Waals surface area (Å²) in [5.41, 5.74) is 11.2. The fraction of sp³-hybridized carbons (Fsp3) is 0.116. The van der Waals surface area contributed by atoms with Gasteiger partial charge in [-0.2, -0.15) is 0 Å². The van der Waals surface area contributed by atoms with Gasteiger partial charge in [0, 0.05) is 12.7 Å². The van der Waals surface area contributed by atoms with Crippen LogP contribution in [0.5, 0.6) is 0 Å². The quantitative estimate of drug-likeness (QED) is 0.203. The molecule has 0 unspecified atom stereocenters. The Balaban J connectivity index is 0.00000168. The van der Waals surface area contributed by atoms with Crippen molar-refractivity contribution in [3.8, 4) is 33.4 Å². The van der Waals surface area contributed by atoms with Crippen LogP contribution in [0, 0.1) is 6.92 Å². The summed E-state index contributed by atoms with van der Waals surface area (Å²) in [6.07, 6.45) is 2.13. The first-order chi connectivity index (χ1) is 21.7. The topological polar surface area (TPSA) is 12.0 Å². The largest absolute Gasteiger partial charge is 0.388 e. The van der Waals surface area contributed by atoms with Crippen LogP contribution in [0.15, 0.2) is 140 Å². The molecule has 0 aromatic heterocycles. The van der Waals surface area contributed by atoms with E-state index in [1.165, 1.54) is 76.8 Å². The van der Waals surface area contributed by atoms with Gasteiger partial charge in [0.05, 0.1) is 0 Å². The summed E-state index contributed by atoms with van der Waals surface area (Å²) < 4.78 is 0. The highest BCUT2D eigenvalue weighted by Gasteiger charge is 2.19. The van der Waals surface area contributed by atoms with Crippen LogP contribution in [0.4, 0.5) is 0 Å². The van der Waals surface area contributed by atoms with E-state index in [9.17, 15) is 0 Å². The summed E-state index contributed by atoms with van der Waals surface area (Å²) in [7, 11) is 1.98. The second kappa shape index (κ2) is 12.6. The molecule has 0 saturated heterocycles. The summed E-state index contributed by atoms with van der Waals surface area (Å²) in [6, 6.07) is 48.9. The molecule has 0 radical (unpaired) electrons. The molecule has 1 nitrogen and oxygen atoms in total. The van der Waals surface area contributed by atoms with Crippen molar-refractivity contribution in [3.63, 3.8) is 0 Å². The van der Waals surface area contributed by atoms with E-state index < -0.39 is 0 Å². The number of fused-ring (bicyclic) bond motifs is 3. The van der Waals surface area contributed by atoms with Crippen molar-refractivity contribution in [2.24, 2.45) is 0 Å². The second-order valence-corrected chi connectivity index (χ2v) is 10.9. The van der Waals surface area contributed by atoms with Crippen molar-refractivity contribution in [1.82, 2.24) is 5.32 Å². The highest BCUT2D eigenvalue weighted by molar-refractivity contribution is 6.24. The van der Waals surface area contributed by atoms with Gasteiger partial charge < -0.3 is 5.32 Å². The Morgan fingerprint density at radius 1 is 0.500 bits per heavy atom. The standard InChI is InChI=1S/C41H33N.C2H6/c1-4-39(42-3)28-15-13-16-29(26-28)40-34-20-9-11-22-36(34)41(37-23-12-10-21-35(37)40)38-25-24-33(30-17-6-5-14-27(30)2)31-18-7-8-19-32(31)38;1-2/h4-26,42H,1-3H3;1-2H3/b39-4-;. The minimum atomic E-state index is 1.13. The predicted octanol–water partition coefficient (Wildman–Crippen LogP) is 12.1. The molecule has 1 N–H and O–H groups in total. The van der Waals surface area contributed by atoms with Gasteiger partial charge in [0.1, 0.15) is 0 Å². The summed E-state index contributed by atoms with van der Waals surface area (Å²) in [6.45, 7) is 8.27. The third-order valence-corrected chi connectivity index (χ3v) is 8.58. The van der Waals surface area contributed by atoms with Crippen LogP contribution in [0.3, 0.4) is 0 Å². The van der Waals surface area contributed by atoms with Crippen LogP contribution in [0.2, 0.25) is 0 Å². The number of allylic oxidation sites excluding steroid dienone is 1. The fourth-order valence-electron chi connectivity index (χ4n) is 6.65. The molecule has 0 amide bonds. The molecule has 0 bridgehead atoms. The zero-order chi connectivity index (χ0) is 30.6. The van der Waals surface area contributed by atoms with Gasteiger partial charge in [-0.05, 0) is 96.7 Å². The Morgan fingerprint density at radius 2 is 1.00 bits per heavy atom. The molecular weight excluding hydrogens is 530 g/mol. The maximum atomic E-state index is 3.35. The molecule has 0 aliphatic carbocycles. The summed E-state index contributed by atoms with van der Waals surface area (Å²) >= 11 is 0. The summed E-state index contributed by atoms with van der Waals surface area (Å²) in [4.78, 5) is 0. The maximum absolute atomic E-state index is 3.35. The highest BCUT2D eigenvalue weighted by atomic mass is 14.8. The zero-order valence-corrected chi connectivity index (χ0v) is 26.3. The van der Waals surface area contributed by atoms with E-state index >= 15 is 0 Å². The number of benzene rings is 7. The first kappa shape index (κ1) is 29.0. The molecule has 0 saturated carbocycles. The molecule has 0 fully saturated rings.